The average Bonchev–Trinajstić information content (AvgIpc) is 2.82. The van der Waals surface area contributed by atoms with E-state index in [-0.39, 0.29) is 5.92 Å². The highest BCUT2D eigenvalue weighted by molar-refractivity contribution is 5.85. The van der Waals surface area contributed by atoms with E-state index in [1.54, 1.807) is 0 Å². The van der Waals surface area contributed by atoms with Crippen molar-refractivity contribution in [1.29, 1.82) is 0 Å². The summed E-state index contributed by atoms with van der Waals surface area (Å²) in [5, 5.41) is 0. The van der Waals surface area contributed by atoms with Crippen LogP contribution >= 0.6 is 0 Å². The van der Waals surface area contributed by atoms with Crippen LogP contribution in [0.1, 0.15) is 31.4 Å². The first kappa shape index (κ1) is 12.9. The molecule has 18 heavy (non-hydrogen) atoms. The first-order valence-corrected chi connectivity index (χ1v) is 5.84. The van der Waals surface area contributed by atoms with E-state index < -0.39 is 11.9 Å². The normalized spacial score (nSPS) is 18.3. The van der Waals surface area contributed by atoms with Gasteiger partial charge in [0.25, 0.3) is 0 Å². The van der Waals surface area contributed by atoms with Crippen molar-refractivity contribution in [3.63, 3.8) is 0 Å². The molecule has 3 nitrogen and oxygen atoms in total. The number of hydrogen-bond acceptors (Lipinski definition) is 2. The van der Waals surface area contributed by atoms with Crippen molar-refractivity contribution >= 4 is 11.5 Å². The van der Waals surface area contributed by atoms with Crippen LogP contribution in [0.25, 0.3) is 0 Å². The molecular formula is C12H14F3N3. The van der Waals surface area contributed by atoms with E-state index in [1.807, 2.05) is 0 Å². The molecule has 0 atom stereocenters. The summed E-state index contributed by atoms with van der Waals surface area (Å²) in [6.45, 7) is 0. The van der Waals surface area contributed by atoms with E-state index in [0.717, 1.165) is 37.9 Å². The largest absolute Gasteiger partial charge is 0.433 e. The van der Waals surface area contributed by atoms with Crippen LogP contribution in [0.3, 0.4) is 0 Å². The number of alkyl halides is 3. The van der Waals surface area contributed by atoms with Gasteiger partial charge in [-0.25, -0.2) is 9.98 Å². The van der Waals surface area contributed by atoms with Crippen LogP contribution in [0, 0.1) is 5.92 Å². The van der Waals surface area contributed by atoms with Crippen molar-refractivity contribution in [3.05, 3.63) is 24.0 Å². The zero-order valence-corrected chi connectivity index (χ0v) is 9.74. The zero-order chi connectivity index (χ0) is 13.2. The Labute approximate surface area is 103 Å². The molecule has 2 N–H and O–H groups in total. The molecule has 0 aromatic carbocycles. The molecule has 0 aliphatic heterocycles. The molecule has 0 radical (unpaired) electrons. The molecule has 98 valence electrons. The van der Waals surface area contributed by atoms with Crippen LogP contribution in [-0.4, -0.2) is 10.8 Å². The minimum Gasteiger partial charge on any atom is -0.387 e. The number of rotatable bonds is 2. The number of nitrogens with zero attached hydrogens (tertiary/aromatic N) is 2. The van der Waals surface area contributed by atoms with Gasteiger partial charge in [-0.3, -0.25) is 0 Å². The number of amidine groups is 1. The Balaban J connectivity index is 2.12. The molecule has 1 saturated carbocycles. The molecule has 0 unspecified atom stereocenters. The maximum absolute atomic E-state index is 12.3. The third kappa shape index (κ3) is 3.00. The fraction of sp³-hybridized carbons (Fsp3) is 0.500. The fourth-order valence-electron chi connectivity index (χ4n) is 2.08. The Morgan fingerprint density at radius 1 is 1.28 bits per heavy atom. The van der Waals surface area contributed by atoms with Gasteiger partial charge >= 0.3 is 6.18 Å². The Bertz CT molecular complexity index is 431. The number of aromatic nitrogens is 1. The zero-order valence-electron chi connectivity index (χ0n) is 9.74. The number of pyridine rings is 1. The molecule has 2 rings (SSSR count). The Morgan fingerprint density at radius 2 is 1.94 bits per heavy atom. The molecule has 1 aliphatic rings. The standard InChI is InChI=1S/C12H14F3N3/c13-12(14,15)10-6-5-9(7-17-10)18-11(16)8-3-1-2-4-8/h5-8H,1-4H2,(H2,16,18). The van der Waals surface area contributed by atoms with Crippen LogP contribution in [0.5, 0.6) is 0 Å². The van der Waals surface area contributed by atoms with Crippen LogP contribution in [0.2, 0.25) is 0 Å². The Hall–Kier alpha value is -1.59. The van der Waals surface area contributed by atoms with E-state index in [9.17, 15) is 13.2 Å². The predicted octanol–water partition coefficient (Wildman–Crippen LogP) is 3.28. The topological polar surface area (TPSA) is 51.3 Å². The molecule has 0 spiro atoms. The summed E-state index contributed by atoms with van der Waals surface area (Å²) in [5.41, 5.74) is 5.29. The summed E-state index contributed by atoms with van der Waals surface area (Å²) in [5.74, 6) is 0.751. The average molecular weight is 257 g/mol. The van der Waals surface area contributed by atoms with Crippen LogP contribution in [0.4, 0.5) is 18.9 Å². The third-order valence-electron chi connectivity index (χ3n) is 3.07. The number of hydrogen-bond donors (Lipinski definition) is 1. The van der Waals surface area contributed by atoms with Crippen molar-refractivity contribution in [2.75, 3.05) is 0 Å². The predicted molar refractivity (Wildman–Crippen MR) is 62.5 cm³/mol. The molecule has 0 bridgehead atoms. The lowest BCUT2D eigenvalue weighted by atomic mass is 10.1. The molecular weight excluding hydrogens is 243 g/mol. The van der Waals surface area contributed by atoms with E-state index >= 15 is 0 Å². The van der Waals surface area contributed by atoms with Crippen LogP contribution < -0.4 is 5.73 Å². The van der Waals surface area contributed by atoms with Gasteiger partial charge in [-0.05, 0) is 25.0 Å². The minimum atomic E-state index is -4.42. The SMILES string of the molecule is NC(=Nc1ccc(C(F)(F)F)nc1)C1CCCC1. The second-order valence-electron chi connectivity index (χ2n) is 4.42. The maximum Gasteiger partial charge on any atom is 0.433 e. The Morgan fingerprint density at radius 3 is 2.44 bits per heavy atom. The molecule has 1 aromatic rings. The lowest BCUT2D eigenvalue weighted by Gasteiger charge is -2.08. The monoisotopic (exact) mass is 257 g/mol. The van der Waals surface area contributed by atoms with Gasteiger partial charge in [0.05, 0.1) is 11.9 Å². The van der Waals surface area contributed by atoms with E-state index in [2.05, 4.69) is 9.98 Å². The summed E-state index contributed by atoms with van der Waals surface area (Å²) < 4.78 is 36.9. The molecule has 1 aliphatic carbocycles. The molecule has 0 amide bonds. The van der Waals surface area contributed by atoms with Gasteiger partial charge in [0, 0.05) is 5.92 Å². The van der Waals surface area contributed by atoms with Gasteiger partial charge in [-0.15, -0.1) is 0 Å². The van der Waals surface area contributed by atoms with Crippen molar-refractivity contribution < 1.29 is 13.2 Å². The minimum absolute atomic E-state index is 0.257. The van der Waals surface area contributed by atoms with Gasteiger partial charge in [0.15, 0.2) is 0 Å². The lowest BCUT2D eigenvalue weighted by Crippen LogP contribution is -2.20. The van der Waals surface area contributed by atoms with Gasteiger partial charge in [0.2, 0.25) is 0 Å². The quantitative estimate of drug-likeness (QED) is 0.653. The summed E-state index contributed by atoms with van der Waals surface area (Å²) in [6.07, 6.45) is 0.953. The number of aliphatic imine (C=N–C) groups is 1. The van der Waals surface area contributed by atoms with E-state index in [0.29, 0.717) is 11.5 Å². The summed E-state index contributed by atoms with van der Waals surface area (Å²) in [7, 11) is 0. The molecule has 1 aromatic heterocycles. The van der Waals surface area contributed by atoms with Crippen LogP contribution in [-0.2, 0) is 6.18 Å². The second-order valence-corrected chi connectivity index (χ2v) is 4.42. The smallest absolute Gasteiger partial charge is 0.387 e. The van der Waals surface area contributed by atoms with Crippen molar-refractivity contribution in [3.8, 4) is 0 Å². The van der Waals surface area contributed by atoms with Gasteiger partial charge in [-0.2, -0.15) is 13.2 Å². The van der Waals surface area contributed by atoms with Gasteiger partial charge in [-0.1, -0.05) is 12.8 Å². The second kappa shape index (κ2) is 4.96. The van der Waals surface area contributed by atoms with E-state index in [4.69, 9.17) is 5.73 Å². The lowest BCUT2D eigenvalue weighted by molar-refractivity contribution is -0.141. The highest BCUT2D eigenvalue weighted by atomic mass is 19.4. The highest BCUT2D eigenvalue weighted by Gasteiger charge is 2.32. The summed E-state index contributed by atoms with van der Waals surface area (Å²) in [4.78, 5) is 7.47. The molecule has 6 heteroatoms. The summed E-state index contributed by atoms with van der Waals surface area (Å²) in [6, 6.07) is 2.21. The number of nitrogens with two attached hydrogens (primary N) is 1. The maximum atomic E-state index is 12.3. The van der Waals surface area contributed by atoms with E-state index in [1.165, 1.54) is 6.07 Å². The van der Waals surface area contributed by atoms with Crippen molar-refractivity contribution in [2.45, 2.75) is 31.9 Å². The third-order valence-corrected chi connectivity index (χ3v) is 3.07. The van der Waals surface area contributed by atoms with Gasteiger partial charge < -0.3 is 5.73 Å². The van der Waals surface area contributed by atoms with Gasteiger partial charge in [0.1, 0.15) is 11.5 Å². The van der Waals surface area contributed by atoms with Crippen LogP contribution in [0.15, 0.2) is 23.3 Å². The number of halogens is 3. The van der Waals surface area contributed by atoms with Crippen molar-refractivity contribution in [1.82, 2.24) is 4.98 Å². The Kier molecular flexibility index (Phi) is 3.54. The summed E-state index contributed by atoms with van der Waals surface area (Å²) >= 11 is 0. The first-order chi connectivity index (χ1) is 8.47. The van der Waals surface area contributed by atoms with Crippen molar-refractivity contribution in [2.24, 2.45) is 16.6 Å². The first-order valence-electron chi connectivity index (χ1n) is 5.84. The molecule has 0 saturated heterocycles. The fourth-order valence-corrected chi connectivity index (χ4v) is 2.08. The molecule has 1 fully saturated rings. The highest BCUT2D eigenvalue weighted by Crippen LogP contribution is 2.29. The molecule has 1 heterocycles.